The molecule has 0 aromatic carbocycles. The van der Waals surface area contributed by atoms with E-state index in [9.17, 15) is 29.1 Å². The number of amides is 2. The number of nitrogens with two attached hydrogens (primary N) is 2. The van der Waals surface area contributed by atoms with Crippen LogP contribution in [0.1, 0.15) is 200 Å². The first-order valence-electron chi connectivity index (χ1n) is 20.0. The van der Waals surface area contributed by atoms with Crippen LogP contribution in [-0.4, -0.2) is 98.1 Å². The number of carboxylic acids is 3. The number of aliphatic carboxylic acids is 3. The molecule has 7 N–H and O–H groups in total. The maximum absolute atomic E-state index is 13.0. The number of carbonyl (C=O) groups is 5. The molecule has 0 rings (SSSR count). The molecule has 0 aliphatic carbocycles. The Morgan fingerprint density at radius 2 is 0.843 bits per heavy atom. The van der Waals surface area contributed by atoms with Gasteiger partial charge < -0.3 is 26.8 Å². The summed E-state index contributed by atoms with van der Waals surface area (Å²) in [5.74, 6) is -4.36. The van der Waals surface area contributed by atoms with E-state index in [4.69, 9.17) is 21.7 Å². The van der Waals surface area contributed by atoms with Gasteiger partial charge in [-0.2, -0.15) is 0 Å². The van der Waals surface area contributed by atoms with Crippen LogP contribution in [0.4, 0.5) is 0 Å². The second-order valence-corrected chi connectivity index (χ2v) is 13.7. The Bertz CT molecular complexity index is 839. The summed E-state index contributed by atoms with van der Waals surface area (Å²) in [4.78, 5) is 60.1. The Morgan fingerprint density at radius 3 is 1.14 bits per heavy atom. The van der Waals surface area contributed by atoms with Gasteiger partial charge in [0.2, 0.25) is 11.8 Å². The summed E-state index contributed by atoms with van der Waals surface area (Å²) < 4.78 is 0. The molecule has 0 saturated heterocycles. The molecule has 296 valence electrons. The summed E-state index contributed by atoms with van der Waals surface area (Å²) in [5, 5.41) is 27.1. The standard InChI is InChI=1S/C33H61NO6.C6H14N2O2.Na.H/c1-3-5-7-9-11-13-15-17-19-21-23-25-30(35)34(29(33(39)40)27-28-32(37)38)31(36)26-24-22-20-18-16-14-12-10-8-6-4-2;7-4-2-1-3-5(8)6(9)10;;/h29H,3-28H2,1-2H3,(H,37,38)(H,39,40);5H,1-4,7-8H2,(H,9,10);;/t29-;5-;;/m00../s1. The van der Waals surface area contributed by atoms with Gasteiger partial charge in [-0.25, -0.2) is 4.79 Å². The van der Waals surface area contributed by atoms with E-state index >= 15 is 0 Å². The Labute approximate surface area is 332 Å². The van der Waals surface area contributed by atoms with Crippen LogP contribution >= 0.6 is 0 Å². The molecule has 2 atom stereocenters. The first-order chi connectivity index (χ1) is 24.0. The van der Waals surface area contributed by atoms with E-state index in [1.54, 1.807) is 0 Å². The molecule has 2 amide bonds. The minimum absolute atomic E-state index is 0. The first kappa shape index (κ1) is 53.8. The van der Waals surface area contributed by atoms with Gasteiger partial charge in [0.1, 0.15) is 12.1 Å². The van der Waals surface area contributed by atoms with E-state index in [-0.39, 0.29) is 48.8 Å². The van der Waals surface area contributed by atoms with Crippen molar-refractivity contribution >= 4 is 59.3 Å². The fourth-order valence-electron chi connectivity index (χ4n) is 5.86. The molecule has 0 heterocycles. The van der Waals surface area contributed by atoms with Gasteiger partial charge in [-0.05, 0) is 38.6 Å². The SMILES string of the molecule is CCCCCCCCCCCCCC(=O)N(C(=O)CCCCCCCCCCCCC)[C@@H](CCC(=O)O)C(=O)O.NCCCC[C@H](N)C(=O)O.[NaH]. The summed E-state index contributed by atoms with van der Waals surface area (Å²) >= 11 is 0. The van der Waals surface area contributed by atoms with Crippen LogP contribution in [-0.2, 0) is 24.0 Å². The topological polar surface area (TPSA) is 201 Å². The van der Waals surface area contributed by atoms with Crippen LogP contribution in [0.3, 0.4) is 0 Å². The molecular weight excluding hydrogens is 661 g/mol. The van der Waals surface area contributed by atoms with E-state index in [0.717, 1.165) is 56.3 Å². The molecule has 0 aliphatic heterocycles. The fourth-order valence-corrected chi connectivity index (χ4v) is 5.86. The van der Waals surface area contributed by atoms with Gasteiger partial charge in [-0.15, -0.1) is 0 Å². The molecule has 0 aromatic rings. The molecule has 0 saturated carbocycles. The van der Waals surface area contributed by atoms with Crippen LogP contribution in [0.5, 0.6) is 0 Å². The second kappa shape index (κ2) is 39.7. The van der Waals surface area contributed by atoms with Crippen molar-refractivity contribution in [1.82, 2.24) is 4.90 Å². The van der Waals surface area contributed by atoms with Crippen LogP contribution in [0, 0.1) is 0 Å². The average Bonchev–Trinajstić information content (AvgIpc) is 3.07. The number of carbonyl (C=O) groups excluding carboxylic acids is 2. The number of hydrogen-bond acceptors (Lipinski definition) is 7. The molecule has 0 bridgehead atoms. The van der Waals surface area contributed by atoms with Crippen LogP contribution in [0.2, 0.25) is 0 Å². The van der Waals surface area contributed by atoms with E-state index in [1.165, 1.54) is 89.9 Å². The average molecular weight is 738 g/mol. The summed E-state index contributed by atoms with van der Waals surface area (Å²) in [6.07, 6.45) is 26.8. The van der Waals surface area contributed by atoms with Crippen molar-refractivity contribution in [1.29, 1.82) is 0 Å². The number of rotatable bonds is 34. The van der Waals surface area contributed by atoms with E-state index < -0.39 is 48.2 Å². The van der Waals surface area contributed by atoms with Crippen LogP contribution in [0.15, 0.2) is 0 Å². The molecule has 0 fully saturated rings. The zero-order chi connectivity index (χ0) is 37.8. The monoisotopic (exact) mass is 738 g/mol. The number of nitrogens with zero attached hydrogens (tertiary/aromatic N) is 1. The Hall–Kier alpha value is -1.53. The van der Waals surface area contributed by atoms with Gasteiger partial charge >= 0.3 is 47.5 Å². The molecule has 51 heavy (non-hydrogen) atoms. The third-order valence-electron chi connectivity index (χ3n) is 9.04. The quantitative estimate of drug-likeness (QED) is 0.0319. The van der Waals surface area contributed by atoms with E-state index in [2.05, 4.69) is 13.8 Å². The van der Waals surface area contributed by atoms with Crippen molar-refractivity contribution in [3.8, 4) is 0 Å². The van der Waals surface area contributed by atoms with E-state index in [1.807, 2.05) is 0 Å². The van der Waals surface area contributed by atoms with Gasteiger partial charge in [-0.3, -0.25) is 24.1 Å². The van der Waals surface area contributed by atoms with Crippen molar-refractivity contribution in [2.45, 2.75) is 212 Å². The summed E-state index contributed by atoms with van der Waals surface area (Å²) in [6.45, 7) is 5.04. The minimum atomic E-state index is -1.42. The molecule has 12 heteroatoms. The zero-order valence-corrected chi connectivity index (χ0v) is 31.9. The van der Waals surface area contributed by atoms with Crippen molar-refractivity contribution < 1.29 is 39.3 Å². The Kier molecular flexibility index (Phi) is 41.9. The number of hydrogen-bond donors (Lipinski definition) is 5. The molecule has 0 radical (unpaired) electrons. The van der Waals surface area contributed by atoms with Gasteiger partial charge in [0.15, 0.2) is 0 Å². The third-order valence-corrected chi connectivity index (χ3v) is 9.04. The number of unbranched alkanes of at least 4 members (excludes halogenated alkanes) is 21. The Morgan fingerprint density at radius 1 is 0.490 bits per heavy atom. The Balaban J connectivity index is -0.00000181. The zero-order valence-electron chi connectivity index (χ0n) is 31.9. The fraction of sp³-hybridized carbons (Fsp3) is 0.872. The van der Waals surface area contributed by atoms with E-state index in [0.29, 0.717) is 25.8 Å². The number of imide groups is 1. The molecule has 11 nitrogen and oxygen atoms in total. The summed E-state index contributed by atoms with van der Waals surface area (Å²) in [7, 11) is 0. The van der Waals surface area contributed by atoms with Gasteiger partial charge in [-0.1, -0.05) is 149 Å². The van der Waals surface area contributed by atoms with Crippen LogP contribution in [0.25, 0.3) is 0 Å². The first-order valence-corrected chi connectivity index (χ1v) is 20.0. The molecular formula is C39H76N3NaO8. The molecule has 0 unspecified atom stereocenters. The van der Waals surface area contributed by atoms with Gasteiger partial charge in [0.05, 0.1) is 0 Å². The third kappa shape index (κ3) is 35.3. The summed E-state index contributed by atoms with van der Waals surface area (Å²) in [5.41, 5.74) is 10.4. The predicted octanol–water partition coefficient (Wildman–Crippen LogP) is 7.94. The normalized spacial score (nSPS) is 11.8. The van der Waals surface area contributed by atoms with Gasteiger partial charge in [0, 0.05) is 19.3 Å². The maximum atomic E-state index is 13.0. The summed E-state index contributed by atoms with van der Waals surface area (Å²) in [6, 6.07) is -2.14. The van der Waals surface area contributed by atoms with Crippen molar-refractivity contribution in [3.63, 3.8) is 0 Å². The van der Waals surface area contributed by atoms with Crippen molar-refractivity contribution in [2.24, 2.45) is 11.5 Å². The predicted molar refractivity (Wildman–Crippen MR) is 208 cm³/mol. The molecule has 0 aromatic heterocycles. The van der Waals surface area contributed by atoms with Crippen molar-refractivity contribution in [2.75, 3.05) is 6.54 Å². The second-order valence-electron chi connectivity index (χ2n) is 13.7. The molecule has 0 aliphatic rings. The number of carboxylic acid groups (broad SMARTS) is 3. The molecule has 0 spiro atoms. The van der Waals surface area contributed by atoms with Crippen molar-refractivity contribution in [3.05, 3.63) is 0 Å². The van der Waals surface area contributed by atoms with Gasteiger partial charge in [0.25, 0.3) is 0 Å². The van der Waals surface area contributed by atoms with Crippen LogP contribution < -0.4 is 11.5 Å².